The number of aldehydes is 1. The molecule has 29 heavy (non-hydrogen) atoms. The predicted octanol–water partition coefficient (Wildman–Crippen LogP) is 7.29. The van der Waals surface area contributed by atoms with Crippen molar-refractivity contribution in [3.8, 4) is 0 Å². The van der Waals surface area contributed by atoms with E-state index in [9.17, 15) is 4.79 Å². The van der Waals surface area contributed by atoms with Crippen LogP contribution < -0.4 is 0 Å². The second-order valence-corrected chi connectivity index (χ2v) is 10.9. The van der Waals surface area contributed by atoms with Crippen molar-refractivity contribution in [1.82, 2.24) is 0 Å². The smallest absolute Gasteiger partial charge is 0.120 e. The third-order valence-electron chi connectivity index (χ3n) is 10.1. The average Bonchev–Trinajstić information content (AvgIpc) is 3.12. The number of hydrogen-bond donors (Lipinski definition) is 1. The molecule has 0 heterocycles. The van der Waals surface area contributed by atoms with Crippen molar-refractivity contribution in [3.05, 3.63) is 0 Å². The van der Waals surface area contributed by atoms with Gasteiger partial charge in [-0.3, -0.25) is 0 Å². The SMILES string of the molecule is CC.CO.C[C@H](CCC=O)C1CCC2C3CCC4CCCCC4(C)C3CCC21C. The van der Waals surface area contributed by atoms with Gasteiger partial charge in [0.1, 0.15) is 6.29 Å². The quantitative estimate of drug-likeness (QED) is 0.498. The first-order chi connectivity index (χ1) is 14.0. The Balaban J connectivity index is 0.000000707. The number of hydrogen-bond acceptors (Lipinski definition) is 2. The highest BCUT2D eigenvalue weighted by Gasteiger charge is 2.59. The van der Waals surface area contributed by atoms with Gasteiger partial charge in [0.25, 0.3) is 0 Å². The van der Waals surface area contributed by atoms with Gasteiger partial charge in [0.15, 0.2) is 0 Å². The maximum atomic E-state index is 10.8. The molecule has 170 valence electrons. The highest BCUT2D eigenvalue weighted by molar-refractivity contribution is 5.49. The van der Waals surface area contributed by atoms with Gasteiger partial charge >= 0.3 is 0 Å². The summed E-state index contributed by atoms with van der Waals surface area (Å²) in [6, 6.07) is 0. The summed E-state index contributed by atoms with van der Waals surface area (Å²) in [4.78, 5) is 10.8. The molecule has 0 aromatic rings. The summed E-state index contributed by atoms with van der Waals surface area (Å²) in [5.41, 5.74) is 1.24. The third kappa shape index (κ3) is 4.48. The first-order valence-electron chi connectivity index (χ1n) is 12.9. The predicted molar refractivity (Wildman–Crippen MR) is 124 cm³/mol. The van der Waals surface area contributed by atoms with Crippen molar-refractivity contribution in [2.45, 2.75) is 112 Å². The molecule has 0 aromatic carbocycles. The van der Waals surface area contributed by atoms with E-state index in [1.54, 1.807) is 0 Å². The minimum atomic E-state index is 0.571. The Labute approximate surface area is 181 Å². The molecule has 4 aliphatic carbocycles. The number of rotatable bonds is 4. The zero-order valence-corrected chi connectivity index (χ0v) is 20.4. The highest BCUT2D eigenvalue weighted by atomic mass is 16.2. The van der Waals surface area contributed by atoms with Gasteiger partial charge in [0.2, 0.25) is 0 Å². The van der Waals surface area contributed by atoms with Crippen LogP contribution in [0.3, 0.4) is 0 Å². The van der Waals surface area contributed by atoms with E-state index in [4.69, 9.17) is 5.11 Å². The molecule has 8 atom stereocenters. The number of aliphatic hydroxyl groups is 1. The van der Waals surface area contributed by atoms with Gasteiger partial charge in [-0.2, -0.15) is 0 Å². The van der Waals surface area contributed by atoms with Crippen molar-refractivity contribution in [3.63, 3.8) is 0 Å². The molecule has 0 radical (unpaired) electrons. The van der Waals surface area contributed by atoms with E-state index in [-0.39, 0.29) is 0 Å². The van der Waals surface area contributed by atoms with E-state index < -0.39 is 0 Å². The minimum absolute atomic E-state index is 0.571. The Morgan fingerprint density at radius 1 is 0.897 bits per heavy atom. The first-order valence-corrected chi connectivity index (χ1v) is 12.9. The van der Waals surface area contributed by atoms with Crippen molar-refractivity contribution >= 4 is 6.29 Å². The molecule has 0 saturated heterocycles. The molecule has 0 aliphatic heterocycles. The zero-order chi connectivity index (χ0) is 21.7. The van der Waals surface area contributed by atoms with Gasteiger partial charge in [-0.1, -0.05) is 47.5 Å². The van der Waals surface area contributed by atoms with Crippen molar-refractivity contribution in [2.24, 2.45) is 46.3 Å². The zero-order valence-electron chi connectivity index (χ0n) is 20.4. The highest BCUT2D eigenvalue weighted by Crippen LogP contribution is 2.68. The fourth-order valence-corrected chi connectivity index (χ4v) is 8.80. The summed E-state index contributed by atoms with van der Waals surface area (Å²) in [5.74, 6) is 5.66. The summed E-state index contributed by atoms with van der Waals surface area (Å²) in [7, 11) is 1.00. The Morgan fingerprint density at radius 3 is 2.28 bits per heavy atom. The van der Waals surface area contributed by atoms with E-state index in [1.165, 1.54) is 64.2 Å². The fraction of sp³-hybridized carbons (Fsp3) is 0.963. The van der Waals surface area contributed by atoms with E-state index in [2.05, 4.69) is 20.8 Å². The number of carbonyl (C=O) groups is 1. The summed E-state index contributed by atoms with van der Waals surface area (Å²) in [6.45, 7) is 11.8. The molecule has 0 bridgehead atoms. The van der Waals surface area contributed by atoms with E-state index in [0.29, 0.717) is 10.8 Å². The van der Waals surface area contributed by atoms with Crippen LogP contribution >= 0.6 is 0 Å². The molecule has 4 rings (SSSR count). The molecule has 4 aliphatic rings. The Hall–Kier alpha value is -0.370. The van der Waals surface area contributed by atoms with Crippen LogP contribution in [0.1, 0.15) is 112 Å². The van der Waals surface area contributed by atoms with E-state index >= 15 is 0 Å². The fourth-order valence-electron chi connectivity index (χ4n) is 8.80. The van der Waals surface area contributed by atoms with Crippen LogP contribution in [0.25, 0.3) is 0 Å². The number of fused-ring (bicyclic) bond motifs is 5. The van der Waals surface area contributed by atoms with Crippen LogP contribution in [0.4, 0.5) is 0 Å². The molecule has 0 spiro atoms. The number of carbonyl (C=O) groups excluding carboxylic acids is 1. The lowest BCUT2D eigenvalue weighted by molar-refractivity contribution is -0.115. The van der Waals surface area contributed by atoms with Crippen LogP contribution in [-0.2, 0) is 4.79 Å². The summed E-state index contributed by atoms with van der Waals surface area (Å²) in [6.07, 6.45) is 18.0. The van der Waals surface area contributed by atoms with Crippen LogP contribution in [0.15, 0.2) is 0 Å². The molecular formula is C27H50O2. The standard InChI is InChI=1S/C24H40O.C2H6.CH4O/c1-17(7-6-16-25)20-11-12-21-19-10-9-18-8-4-5-14-23(18,2)22(19)13-15-24(20,21)3;2*1-2/h16-22H,4-15H2,1-3H3;1-2H3;2H,1H3/t17-,18?,19?,20?,21?,22?,23?,24?;;/m1../s1. The maximum absolute atomic E-state index is 10.8. The number of aliphatic hydroxyl groups excluding tert-OH is 1. The minimum Gasteiger partial charge on any atom is -0.400 e. The van der Waals surface area contributed by atoms with E-state index in [0.717, 1.165) is 61.7 Å². The van der Waals surface area contributed by atoms with Crippen LogP contribution in [-0.4, -0.2) is 18.5 Å². The largest absolute Gasteiger partial charge is 0.400 e. The van der Waals surface area contributed by atoms with Gasteiger partial charge in [0.05, 0.1) is 0 Å². The molecule has 2 nitrogen and oxygen atoms in total. The molecule has 0 aromatic heterocycles. The van der Waals surface area contributed by atoms with Crippen molar-refractivity contribution in [2.75, 3.05) is 7.11 Å². The maximum Gasteiger partial charge on any atom is 0.120 e. The Morgan fingerprint density at radius 2 is 1.59 bits per heavy atom. The Bertz CT molecular complexity index is 503. The normalized spacial score (nSPS) is 43.9. The second-order valence-electron chi connectivity index (χ2n) is 10.9. The van der Waals surface area contributed by atoms with Gasteiger partial charge in [-0.25, -0.2) is 0 Å². The molecular weight excluding hydrogens is 356 g/mol. The van der Waals surface area contributed by atoms with Gasteiger partial charge < -0.3 is 9.90 Å². The molecule has 4 saturated carbocycles. The monoisotopic (exact) mass is 406 g/mol. The van der Waals surface area contributed by atoms with Crippen LogP contribution in [0, 0.1) is 46.3 Å². The third-order valence-corrected chi connectivity index (χ3v) is 10.1. The summed E-state index contributed by atoms with van der Waals surface area (Å²) >= 11 is 0. The van der Waals surface area contributed by atoms with Gasteiger partial charge in [-0.15, -0.1) is 0 Å². The van der Waals surface area contributed by atoms with Crippen LogP contribution in [0.2, 0.25) is 0 Å². The molecule has 0 amide bonds. The average molecular weight is 407 g/mol. The van der Waals surface area contributed by atoms with Gasteiger partial charge in [0, 0.05) is 13.5 Å². The lowest BCUT2D eigenvalue weighted by Gasteiger charge is -2.61. The second kappa shape index (κ2) is 10.8. The lowest BCUT2D eigenvalue weighted by atomic mass is 9.44. The first kappa shape index (κ1) is 24.9. The summed E-state index contributed by atoms with van der Waals surface area (Å²) in [5, 5.41) is 7.00. The van der Waals surface area contributed by atoms with E-state index in [1.807, 2.05) is 13.8 Å². The lowest BCUT2D eigenvalue weighted by Crippen LogP contribution is -2.53. The molecule has 1 N–H and O–H groups in total. The molecule has 7 unspecified atom stereocenters. The van der Waals surface area contributed by atoms with Gasteiger partial charge in [-0.05, 0) is 104 Å². The van der Waals surface area contributed by atoms with Crippen molar-refractivity contribution in [1.29, 1.82) is 0 Å². The van der Waals surface area contributed by atoms with Crippen molar-refractivity contribution < 1.29 is 9.90 Å². The van der Waals surface area contributed by atoms with Crippen LogP contribution in [0.5, 0.6) is 0 Å². The summed E-state index contributed by atoms with van der Waals surface area (Å²) < 4.78 is 0. The molecule has 2 heteroatoms. The molecule has 4 fully saturated rings. The Kier molecular flexibility index (Phi) is 9.26. The topological polar surface area (TPSA) is 37.3 Å².